The minimum Gasteiger partial charge on any atom is -0.454 e. The van der Waals surface area contributed by atoms with Gasteiger partial charge in [-0.15, -0.1) is 0 Å². The topological polar surface area (TPSA) is 106 Å². The number of halogens is 3. The lowest BCUT2D eigenvalue weighted by molar-refractivity contribution is -0.120. The zero-order valence-electron chi connectivity index (χ0n) is 21.8. The highest BCUT2D eigenvalue weighted by Crippen LogP contribution is 2.43. The molecule has 1 aliphatic rings. The Balaban J connectivity index is 1.28. The van der Waals surface area contributed by atoms with E-state index < -0.39 is 28.4 Å². The van der Waals surface area contributed by atoms with E-state index in [2.05, 4.69) is 15.8 Å². The summed E-state index contributed by atoms with van der Waals surface area (Å²) in [5, 5.41) is 0.397. The van der Waals surface area contributed by atoms with Crippen molar-refractivity contribution in [2.24, 2.45) is 0 Å². The molecule has 2 amide bonds. The van der Waals surface area contributed by atoms with E-state index in [0.717, 1.165) is 22.3 Å². The molecular weight excluding hydrogens is 590 g/mol. The van der Waals surface area contributed by atoms with Gasteiger partial charge in [-0.3, -0.25) is 24.6 Å². The zero-order chi connectivity index (χ0) is 29.3. The van der Waals surface area contributed by atoms with Gasteiger partial charge in [0.05, 0.1) is 19.3 Å². The van der Waals surface area contributed by atoms with Crippen molar-refractivity contribution in [3.8, 4) is 0 Å². The van der Waals surface area contributed by atoms with Gasteiger partial charge in [-0.2, -0.15) is 0 Å². The quantitative estimate of drug-likeness (QED) is 0.253. The van der Waals surface area contributed by atoms with Crippen LogP contribution in [0.15, 0.2) is 75.8 Å². The van der Waals surface area contributed by atoms with Crippen LogP contribution >= 0.6 is 23.2 Å². The van der Waals surface area contributed by atoms with Crippen molar-refractivity contribution in [1.82, 2.24) is 20.4 Å². The molecule has 2 heterocycles. The first kappa shape index (κ1) is 28.5. The van der Waals surface area contributed by atoms with Crippen LogP contribution in [-0.2, 0) is 22.1 Å². The standard InChI is InChI=1S/C29H23Cl2FN4O4S/c1-16-22(11-17-3-7-20(8-4-17)41(2)39)21-9-5-18(32)12-24(21)23(16)13-26(37)34-35-29(38)25-10-6-19(40-25)14-36-15-33-27(30)28(36)31/h3-12,15H,13-14H2,1-2H3,(H,34,37)(H,35,38). The Morgan fingerprint density at radius 1 is 1.07 bits per heavy atom. The number of rotatable bonds is 7. The van der Waals surface area contributed by atoms with Crippen LogP contribution in [0.4, 0.5) is 4.39 Å². The van der Waals surface area contributed by atoms with E-state index in [-0.39, 0.29) is 29.0 Å². The van der Waals surface area contributed by atoms with Crippen LogP contribution in [0.5, 0.6) is 0 Å². The number of nitrogens with one attached hydrogen (secondary N) is 2. The summed E-state index contributed by atoms with van der Waals surface area (Å²) < 4.78 is 33.1. The Morgan fingerprint density at radius 3 is 2.51 bits per heavy atom. The molecule has 0 saturated heterocycles. The largest absolute Gasteiger partial charge is 0.454 e. The third-order valence-corrected chi connectivity index (χ3v) is 8.28. The van der Waals surface area contributed by atoms with Gasteiger partial charge in [0.25, 0.3) is 0 Å². The Kier molecular flexibility index (Phi) is 8.25. The average Bonchev–Trinajstić information content (AvgIpc) is 3.62. The first-order valence-electron chi connectivity index (χ1n) is 12.3. The highest BCUT2D eigenvalue weighted by atomic mass is 35.5. The maximum Gasteiger partial charge on any atom is 0.305 e. The lowest BCUT2D eigenvalue weighted by atomic mass is 10.0. The number of furan rings is 1. The Labute approximate surface area is 247 Å². The van der Waals surface area contributed by atoms with Crippen molar-refractivity contribution in [3.63, 3.8) is 0 Å². The highest BCUT2D eigenvalue weighted by Gasteiger charge is 2.26. The van der Waals surface area contributed by atoms with Gasteiger partial charge in [-0.1, -0.05) is 41.4 Å². The molecule has 4 aromatic rings. The SMILES string of the molecule is CC1=C(CC(=O)NNC(=O)c2ccc(Cn3cnc(Cl)c3Cl)o2)c2cc(F)ccc2C1=Cc1ccc(S(C)=O)cc1. The van der Waals surface area contributed by atoms with E-state index in [4.69, 9.17) is 27.6 Å². The molecule has 0 bridgehead atoms. The number of amides is 2. The van der Waals surface area contributed by atoms with Crippen LogP contribution in [0.1, 0.15) is 46.3 Å². The highest BCUT2D eigenvalue weighted by molar-refractivity contribution is 7.84. The molecule has 2 aromatic heterocycles. The minimum absolute atomic E-state index is 0.0190. The third-order valence-electron chi connectivity index (χ3n) is 6.57. The van der Waals surface area contributed by atoms with Crippen LogP contribution in [0.3, 0.4) is 0 Å². The van der Waals surface area contributed by atoms with Crippen molar-refractivity contribution in [1.29, 1.82) is 0 Å². The normalized spacial score (nSPS) is 14.3. The molecule has 1 unspecified atom stereocenters. The molecule has 5 rings (SSSR count). The van der Waals surface area contributed by atoms with Crippen molar-refractivity contribution >= 4 is 63.0 Å². The van der Waals surface area contributed by atoms with Gasteiger partial charge in [0.1, 0.15) is 16.7 Å². The minimum atomic E-state index is -1.09. The zero-order valence-corrected chi connectivity index (χ0v) is 24.2. The summed E-state index contributed by atoms with van der Waals surface area (Å²) in [5.74, 6) is -1.16. The fourth-order valence-corrected chi connectivity index (χ4v) is 5.33. The van der Waals surface area contributed by atoms with E-state index >= 15 is 0 Å². The van der Waals surface area contributed by atoms with Crippen LogP contribution in [0.2, 0.25) is 10.3 Å². The molecule has 2 aromatic carbocycles. The lowest BCUT2D eigenvalue weighted by Gasteiger charge is -2.09. The van der Waals surface area contributed by atoms with Crippen LogP contribution < -0.4 is 10.9 Å². The van der Waals surface area contributed by atoms with Crippen molar-refractivity contribution in [3.05, 3.63) is 111 Å². The molecule has 210 valence electrons. The van der Waals surface area contributed by atoms with Crippen molar-refractivity contribution < 1.29 is 22.6 Å². The van der Waals surface area contributed by atoms with E-state index in [1.165, 1.54) is 24.5 Å². The second-order valence-corrected chi connectivity index (χ2v) is 11.4. The summed E-state index contributed by atoms with van der Waals surface area (Å²) in [6, 6.07) is 14.8. The van der Waals surface area contributed by atoms with Gasteiger partial charge in [0, 0.05) is 22.0 Å². The second kappa shape index (κ2) is 11.9. The molecule has 0 saturated carbocycles. The maximum atomic E-state index is 14.2. The molecule has 0 spiro atoms. The maximum absolute atomic E-state index is 14.2. The summed E-state index contributed by atoms with van der Waals surface area (Å²) in [7, 11) is -1.09. The smallest absolute Gasteiger partial charge is 0.305 e. The van der Waals surface area contributed by atoms with Crippen molar-refractivity contribution in [2.75, 3.05) is 6.26 Å². The first-order chi connectivity index (χ1) is 19.6. The monoisotopic (exact) mass is 612 g/mol. The molecule has 0 radical (unpaired) electrons. The molecule has 0 fully saturated rings. The van der Waals surface area contributed by atoms with E-state index in [9.17, 15) is 18.2 Å². The van der Waals surface area contributed by atoms with E-state index in [1.54, 1.807) is 35.1 Å². The summed E-state index contributed by atoms with van der Waals surface area (Å²) in [6.07, 6.45) is 4.91. The summed E-state index contributed by atoms with van der Waals surface area (Å²) in [4.78, 5) is 30.0. The summed E-state index contributed by atoms with van der Waals surface area (Å²) in [5.41, 5.74) is 9.31. The van der Waals surface area contributed by atoms with Gasteiger partial charge < -0.3 is 8.98 Å². The average molecular weight is 613 g/mol. The Hall–Kier alpha value is -3.99. The molecule has 1 atom stereocenters. The summed E-state index contributed by atoms with van der Waals surface area (Å²) >= 11 is 11.9. The lowest BCUT2D eigenvalue weighted by Crippen LogP contribution is -2.41. The predicted octanol–water partition coefficient (Wildman–Crippen LogP) is 5.89. The molecule has 12 heteroatoms. The number of imidazole rings is 1. The number of nitrogens with zero attached hydrogens (tertiary/aromatic N) is 2. The number of hydrogen-bond donors (Lipinski definition) is 2. The molecule has 2 N–H and O–H groups in total. The van der Waals surface area contributed by atoms with E-state index in [1.807, 2.05) is 25.1 Å². The van der Waals surface area contributed by atoms with Gasteiger partial charge in [0.15, 0.2) is 10.9 Å². The fourth-order valence-electron chi connectivity index (χ4n) is 4.50. The van der Waals surface area contributed by atoms with Gasteiger partial charge in [-0.05, 0) is 82.8 Å². The second-order valence-electron chi connectivity index (χ2n) is 9.27. The number of aromatic nitrogens is 2. The van der Waals surface area contributed by atoms with E-state index in [0.29, 0.717) is 21.8 Å². The number of fused-ring (bicyclic) bond motifs is 1. The van der Waals surface area contributed by atoms with Crippen molar-refractivity contribution in [2.45, 2.75) is 24.8 Å². The Morgan fingerprint density at radius 2 is 1.83 bits per heavy atom. The van der Waals surface area contributed by atoms with Crippen LogP contribution in [-0.4, -0.2) is 31.8 Å². The predicted molar refractivity (Wildman–Crippen MR) is 156 cm³/mol. The molecular formula is C29H23Cl2FN4O4S. The first-order valence-corrected chi connectivity index (χ1v) is 14.6. The molecule has 41 heavy (non-hydrogen) atoms. The number of carbonyl (C=O) groups is 2. The number of benzene rings is 2. The molecule has 0 aliphatic heterocycles. The van der Waals surface area contributed by atoms with Crippen LogP contribution in [0.25, 0.3) is 17.2 Å². The van der Waals surface area contributed by atoms with Gasteiger partial charge >= 0.3 is 5.91 Å². The van der Waals surface area contributed by atoms with Crippen LogP contribution in [0, 0.1) is 5.82 Å². The number of hydrogen-bond acceptors (Lipinski definition) is 5. The molecule has 1 aliphatic carbocycles. The third kappa shape index (κ3) is 6.19. The number of allylic oxidation sites excluding steroid dienone is 2. The fraction of sp³-hybridized carbons (Fsp3) is 0.138. The molecule has 8 nitrogen and oxygen atoms in total. The van der Waals surface area contributed by atoms with Gasteiger partial charge in [-0.25, -0.2) is 9.37 Å². The number of carbonyl (C=O) groups excluding carboxylic acids is 2. The Bertz CT molecular complexity index is 1760. The van der Waals surface area contributed by atoms with Gasteiger partial charge in [0.2, 0.25) is 5.91 Å². The number of hydrazine groups is 1. The summed E-state index contributed by atoms with van der Waals surface area (Å²) in [6.45, 7) is 2.07.